The molecule has 1 saturated heterocycles. The Morgan fingerprint density at radius 1 is 1.50 bits per heavy atom. The first-order valence-electron chi connectivity index (χ1n) is 6.44. The third kappa shape index (κ3) is 3.24. The topological polar surface area (TPSA) is 41.1 Å². The zero-order chi connectivity index (χ0) is 13.0. The van der Waals surface area contributed by atoms with Gasteiger partial charge < -0.3 is 10.6 Å². The van der Waals surface area contributed by atoms with Gasteiger partial charge in [0.2, 0.25) is 5.91 Å². The van der Waals surface area contributed by atoms with E-state index in [0.717, 1.165) is 31.5 Å². The van der Waals surface area contributed by atoms with E-state index < -0.39 is 0 Å². The van der Waals surface area contributed by atoms with Crippen molar-refractivity contribution in [1.82, 2.24) is 10.6 Å². The van der Waals surface area contributed by atoms with Crippen LogP contribution >= 0.6 is 11.6 Å². The number of nitrogens with one attached hydrogen (secondary N) is 2. The van der Waals surface area contributed by atoms with E-state index in [1.54, 1.807) is 0 Å². The predicted molar refractivity (Wildman–Crippen MR) is 73.6 cm³/mol. The van der Waals surface area contributed by atoms with E-state index in [-0.39, 0.29) is 17.9 Å². The van der Waals surface area contributed by atoms with Crippen LogP contribution in [0.2, 0.25) is 5.02 Å². The third-order valence-electron chi connectivity index (χ3n) is 3.40. The standard InChI is InChI=1S/C14H19ClN2O/c1-10(12-6-2-3-7-13(12)15)17-14(18)11-5-4-8-16-9-11/h2-3,6-7,10-11,16H,4-5,8-9H2,1H3,(H,17,18)/t10-,11+/m0/s1. The molecule has 2 rings (SSSR count). The zero-order valence-electron chi connectivity index (χ0n) is 10.6. The van der Waals surface area contributed by atoms with Crippen LogP contribution < -0.4 is 10.6 Å². The second kappa shape index (κ2) is 6.21. The first-order valence-corrected chi connectivity index (χ1v) is 6.82. The van der Waals surface area contributed by atoms with Crippen molar-refractivity contribution in [1.29, 1.82) is 0 Å². The van der Waals surface area contributed by atoms with Crippen molar-refractivity contribution in [2.24, 2.45) is 5.92 Å². The summed E-state index contributed by atoms with van der Waals surface area (Å²) in [6.45, 7) is 3.76. The monoisotopic (exact) mass is 266 g/mol. The molecule has 98 valence electrons. The van der Waals surface area contributed by atoms with Gasteiger partial charge in [0.15, 0.2) is 0 Å². The fourth-order valence-corrected chi connectivity index (χ4v) is 2.61. The highest BCUT2D eigenvalue weighted by atomic mass is 35.5. The summed E-state index contributed by atoms with van der Waals surface area (Å²) >= 11 is 6.12. The molecule has 1 fully saturated rings. The molecule has 2 atom stereocenters. The van der Waals surface area contributed by atoms with Crippen LogP contribution in [0.15, 0.2) is 24.3 Å². The van der Waals surface area contributed by atoms with Gasteiger partial charge in [0.25, 0.3) is 0 Å². The molecule has 0 saturated carbocycles. The minimum absolute atomic E-state index is 0.0480. The van der Waals surface area contributed by atoms with Crippen LogP contribution in [-0.4, -0.2) is 19.0 Å². The SMILES string of the molecule is C[C@H](NC(=O)[C@@H]1CCCNC1)c1ccccc1Cl. The highest BCUT2D eigenvalue weighted by Gasteiger charge is 2.22. The average molecular weight is 267 g/mol. The molecule has 4 heteroatoms. The maximum absolute atomic E-state index is 12.1. The number of carbonyl (C=O) groups excluding carboxylic acids is 1. The lowest BCUT2D eigenvalue weighted by Crippen LogP contribution is -2.41. The van der Waals surface area contributed by atoms with Gasteiger partial charge in [-0.15, -0.1) is 0 Å². The van der Waals surface area contributed by atoms with Crippen LogP contribution in [0.25, 0.3) is 0 Å². The summed E-state index contributed by atoms with van der Waals surface area (Å²) in [5, 5.41) is 7.00. The molecule has 1 aromatic rings. The molecule has 1 heterocycles. The van der Waals surface area contributed by atoms with E-state index in [2.05, 4.69) is 10.6 Å². The number of hydrogen-bond donors (Lipinski definition) is 2. The molecule has 1 amide bonds. The number of rotatable bonds is 3. The molecule has 0 aromatic heterocycles. The molecule has 0 aliphatic carbocycles. The fourth-order valence-electron chi connectivity index (χ4n) is 2.31. The van der Waals surface area contributed by atoms with E-state index in [1.165, 1.54) is 0 Å². The minimum atomic E-state index is -0.0480. The van der Waals surface area contributed by atoms with E-state index >= 15 is 0 Å². The Morgan fingerprint density at radius 2 is 2.28 bits per heavy atom. The maximum atomic E-state index is 12.1. The third-order valence-corrected chi connectivity index (χ3v) is 3.74. The number of hydrogen-bond acceptors (Lipinski definition) is 2. The lowest BCUT2D eigenvalue weighted by molar-refractivity contribution is -0.126. The number of piperidine rings is 1. The van der Waals surface area contributed by atoms with E-state index in [0.29, 0.717) is 5.02 Å². The van der Waals surface area contributed by atoms with Gasteiger partial charge >= 0.3 is 0 Å². The Labute approximate surface area is 113 Å². The summed E-state index contributed by atoms with van der Waals surface area (Å²) in [6.07, 6.45) is 2.03. The number of benzene rings is 1. The van der Waals surface area contributed by atoms with Crippen molar-refractivity contribution in [3.8, 4) is 0 Å². The Bertz CT molecular complexity index is 416. The number of halogens is 1. The second-order valence-corrected chi connectivity index (χ2v) is 5.20. The van der Waals surface area contributed by atoms with Crippen molar-refractivity contribution in [3.05, 3.63) is 34.9 Å². The van der Waals surface area contributed by atoms with Crippen molar-refractivity contribution in [3.63, 3.8) is 0 Å². The molecule has 0 spiro atoms. The quantitative estimate of drug-likeness (QED) is 0.883. The largest absolute Gasteiger partial charge is 0.349 e. The lowest BCUT2D eigenvalue weighted by atomic mass is 9.98. The van der Waals surface area contributed by atoms with Gasteiger partial charge in [0, 0.05) is 11.6 Å². The molecule has 1 aromatic carbocycles. The summed E-state index contributed by atoms with van der Waals surface area (Å²) in [4.78, 5) is 12.1. The summed E-state index contributed by atoms with van der Waals surface area (Å²) in [5.74, 6) is 0.207. The maximum Gasteiger partial charge on any atom is 0.224 e. The summed E-state index contributed by atoms with van der Waals surface area (Å²) in [6, 6.07) is 7.58. The highest BCUT2D eigenvalue weighted by molar-refractivity contribution is 6.31. The van der Waals surface area contributed by atoms with Crippen molar-refractivity contribution < 1.29 is 4.79 Å². The molecule has 1 aliphatic rings. The van der Waals surface area contributed by atoms with Crippen LogP contribution in [0, 0.1) is 5.92 Å². The number of amides is 1. The highest BCUT2D eigenvalue weighted by Crippen LogP contribution is 2.22. The van der Waals surface area contributed by atoms with Gasteiger partial charge in [0.1, 0.15) is 0 Å². The Balaban J connectivity index is 1.96. The Hall–Kier alpha value is -1.06. The van der Waals surface area contributed by atoms with E-state index in [4.69, 9.17) is 11.6 Å². The van der Waals surface area contributed by atoms with Gasteiger partial charge in [-0.2, -0.15) is 0 Å². The second-order valence-electron chi connectivity index (χ2n) is 4.80. The minimum Gasteiger partial charge on any atom is -0.349 e. The first-order chi connectivity index (χ1) is 8.68. The van der Waals surface area contributed by atoms with Crippen LogP contribution in [0.1, 0.15) is 31.4 Å². The predicted octanol–water partition coefficient (Wildman–Crippen LogP) is 2.52. The van der Waals surface area contributed by atoms with E-state index in [9.17, 15) is 4.79 Å². The van der Waals surface area contributed by atoms with Gasteiger partial charge in [-0.1, -0.05) is 29.8 Å². The summed E-state index contributed by atoms with van der Waals surface area (Å²) < 4.78 is 0. The normalized spacial score (nSPS) is 21.3. The van der Waals surface area contributed by atoms with Crippen LogP contribution in [0.3, 0.4) is 0 Å². The van der Waals surface area contributed by atoms with Gasteiger partial charge in [-0.25, -0.2) is 0 Å². The van der Waals surface area contributed by atoms with Crippen molar-refractivity contribution >= 4 is 17.5 Å². The molecule has 2 N–H and O–H groups in total. The molecule has 3 nitrogen and oxygen atoms in total. The summed E-state index contributed by atoms with van der Waals surface area (Å²) in [7, 11) is 0. The fraction of sp³-hybridized carbons (Fsp3) is 0.500. The molecule has 0 radical (unpaired) electrons. The molecule has 0 bridgehead atoms. The van der Waals surface area contributed by atoms with Gasteiger partial charge in [0.05, 0.1) is 12.0 Å². The zero-order valence-corrected chi connectivity index (χ0v) is 11.3. The molecule has 1 aliphatic heterocycles. The Kier molecular flexibility index (Phi) is 4.61. The average Bonchev–Trinajstić information content (AvgIpc) is 2.40. The molecule has 18 heavy (non-hydrogen) atoms. The number of carbonyl (C=O) groups is 1. The van der Waals surface area contributed by atoms with Crippen molar-refractivity contribution in [2.45, 2.75) is 25.8 Å². The van der Waals surface area contributed by atoms with Gasteiger partial charge in [-0.05, 0) is 37.9 Å². The van der Waals surface area contributed by atoms with E-state index in [1.807, 2.05) is 31.2 Å². The molecular weight excluding hydrogens is 248 g/mol. The van der Waals surface area contributed by atoms with Crippen molar-refractivity contribution in [2.75, 3.05) is 13.1 Å². The smallest absolute Gasteiger partial charge is 0.224 e. The lowest BCUT2D eigenvalue weighted by Gasteiger charge is -2.24. The molecular formula is C14H19ClN2O. The Morgan fingerprint density at radius 3 is 2.94 bits per heavy atom. The van der Waals surface area contributed by atoms with Gasteiger partial charge in [-0.3, -0.25) is 4.79 Å². The van der Waals surface area contributed by atoms with Crippen LogP contribution in [-0.2, 0) is 4.79 Å². The van der Waals surface area contributed by atoms with Crippen LogP contribution in [0.4, 0.5) is 0 Å². The summed E-state index contributed by atoms with van der Waals surface area (Å²) in [5.41, 5.74) is 0.969. The first kappa shape index (κ1) is 13.4. The molecule has 0 unspecified atom stereocenters. The van der Waals surface area contributed by atoms with Crippen LogP contribution in [0.5, 0.6) is 0 Å².